The first-order valence-electron chi connectivity index (χ1n) is 8.00. The highest BCUT2D eigenvalue weighted by molar-refractivity contribution is 5.64. The van der Waals surface area contributed by atoms with Crippen molar-refractivity contribution in [3.8, 4) is 17.1 Å². The average Bonchev–Trinajstić information content (AvgIpc) is 3.06. The van der Waals surface area contributed by atoms with E-state index in [1.54, 1.807) is 18.3 Å². The molecule has 0 radical (unpaired) electrons. The summed E-state index contributed by atoms with van der Waals surface area (Å²) in [7, 11) is 0. The second kappa shape index (κ2) is 7.12. The molecular weight excluding hydrogens is 302 g/mol. The summed E-state index contributed by atoms with van der Waals surface area (Å²) >= 11 is 0. The van der Waals surface area contributed by atoms with Crippen LogP contribution in [0.1, 0.15) is 19.0 Å². The van der Waals surface area contributed by atoms with Crippen LogP contribution in [0.25, 0.3) is 11.4 Å². The summed E-state index contributed by atoms with van der Waals surface area (Å²) in [6.07, 6.45) is 4.67. The topological polar surface area (TPSA) is 75.9 Å². The smallest absolute Gasteiger partial charge is 0.165 e. The van der Waals surface area contributed by atoms with E-state index in [4.69, 9.17) is 0 Å². The normalized spacial score (nSPS) is 12.1. The minimum Gasteiger partial charge on any atom is -0.507 e. The Bertz CT molecular complexity index is 801. The van der Waals surface area contributed by atoms with Crippen molar-refractivity contribution in [1.82, 2.24) is 19.7 Å². The maximum Gasteiger partial charge on any atom is 0.165 e. The van der Waals surface area contributed by atoms with E-state index in [-0.39, 0.29) is 11.8 Å². The zero-order valence-electron chi connectivity index (χ0n) is 13.8. The van der Waals surface area contributed by atoms with Gasteiger partial charge in [-0.3, -0.25) is 4.68 Å². The highest BCUT2D eigenvalue weighted by atomic mass is 16.3. The van der Waals surface area contributed by atoms with Crippen molar-refractivity contribution in [1.29, 1.82) is 0 Å². The summed E-state index contributed by atoms with van der Waals surface area (Å²) in [5.74, 6) is 1.46. The molecule has 0 aliphatic rings. The van der Waals surface area contributed by atoms with Crippen LogP contribution in [0.15, 0.2) is 48.8 Å². The molecule has 0 aliphatic heterocycles. The van der Waals surface area contributed by atoms with E-state index in [2.05, 4.69) is 27.3 Å². The number of phenolic OH excluding ortho intramolecular Hbond substituents is 1. The zero-order chi connectivity index (χ0) is 16.9. The summed E-state index contributed by atoms with van der Waals surface area (Å²) in [4.78, 5) is 8.98. The highest BCUT2D eigenvalue weighted by Gasteiger charge is 2.10. The van der Waals surface area contributed by atoms with E-state index in [9.17, 15) is 5.11 Å². The van der Waals surface area contributed by atoms with Gasteiger partial charge in [-0.15, -0.1) is 0 Å². The SMILES string of the molecule is Cc1cc(N[C@@H](C)CCn2cccn2)nc(-c2ccccc2O)n1. The van der Waals surface area contributed by atoms with Crippen molar-refractivity contribution in [3.63, 3.8) is 0 Å². The molecule has 24 heavy (non-hydrogen) atoms. The summed E-state index contributed by atoms with van der Waals surface area (Å²) in [5, 5.41) is 17.6. The summed E-state index contributed by atoms with van der Waals surface area (Å²) < 4.78 is 1.91. The Kier molecular flexibility index (Phi) is 4.74. The quantitative estimate of drug-likeness (QED) is 0.728. The standard InChI is InChI=1S/C18H21N5O/c1-13(8-11-23-10-5-9-19-23)20-17-12-14(2)21-18(22-17)15-6-3-4-7-16(15)24/h3-7,9-10,12-13,24H,8,11H2,1-2H3,(H,20,21,22)/t13-/m0/s1. The van der Waals surface area contributed by atoms with Crippen LogP contribution < -0.4 is 5.32 Å². The highest BCUT2D eigenvalue weighted by Crippen LogP contribution is 2.26. The molecule has 0 aliphatic carbocycles. The molecule has 6 heteroatoms. The van der Waals surface area contributed by atoms with Crippen LogP contribution in [0.3, 0.4) is 0 Å². The number of nitrogens with zero attached hydrogens (tertiary/aromatic N) is 4. The first-order valence-corrected chi connectivity index (χ1v) is 8.00. The number of rotatable bonds is 6. The van der Waals surface area contributed by atoms with Gasteiger partial charge in [0.2, 0.25) is 0 Å². The van der Waals surface area contributed by atoms with Gasteiger partial charge in [-0.2, -0.15) is 5.10 Å². The van der Waals surface area contributed by atoms with Gasteiger partial charge in [0.25, 0.3) is 0 Å². The van der Waals surface area contributed by atoms with Gasteiger partial charge in [-0.05, 0) is 38.5 Å². The lowest BCUT2D eigenvalue weighted by atomic mass is 10.2. The lowest BCUT2D eigenvalue weighted by Crippen LogP contribution is -2.19. The third-order valence-corrected chi connectivity index (χ3v) is 3.74. The second-order valence-electron chi connectivity index (χ2n) is 5.84. The van der Waals surface area contributed by atoms with Gasteiger partial charge in [-0.25, -0.2) is 9.97 Å². The Morgan fingerprint density at radius 3 is 2.79 bits per heavy atom. The second-order valence-corrected chi connectivity index (χ2v) is 5.84. The number of aromatic nitrogens is 4. The molecule has 2 N–H and O–H groups in total. The largest absolute Gasteiger partial charge is 0.507 e. The third-order valence-electron chi connectivity index (χ3n) is 3.74. The van der Waals surface area contributed by atoms with Gasteiger partial charge in [0.05, 0.1) is 5.56 Å². The number of hydrogen-bond acceptors (Lipinski definition) is 5. The number of hydrogen-bond donors (Lipinski definition) is 2. The number of phenols is 1. The third kappa shape index (κ3) is 3.90. The summed E-state index contributed by atoms with van der Waals surface area (Å²) in [6, 6.07) is 11.2. The van der Waals surface area contributed by atoms with Gasteiger partial charge < -0.3 is 10.4 Å². The maximum absolute atomic E-state index is 10.0. The van der Waals surface area contributed by atoms with Crippen LogP contribution in [-0.2, 0) is 6.54 Å². The molecule has 0 unspecified atom stereocenters. The molecule has 0 amide bonds. The van der Waals surface area contributed by atoms with Crippen molar-refractivity contribution in [2.75, 3.05) is 5.32 Å². The minimum atomic E-state index is 0.181. The fraction of sp³-hybridized carbons (Fsp3) is 0.278. The van der Waals surface area contributed by atoms with E-state index in [1.165, 1.54) is 0 Å². The molecule has 0 saturated heterocycles. The fourth-order valence-corrected chi connectivity index (χ4v) is 2.51. The van der Waals surface area contributed by atoms with Crippen molar-refractivity contribution in [2.45, 2.75) is 32.9 Å². The molecule has 1 atom stereocenters. The van der Waals surface area contributed by atoms with Crippen LogP contribution in [-0.4, -0.2) is 30.9 Å². The maximum atomic E-state index is 10.0. The Balaban J connectivity index is 1.73. The Hall–Kier alpha value is -2.89. The first kappa shape index (κ1) is 16.0. The van der Waals surface area contributed by atoms with Crippen molar-refractivity contribution >= 4 is 5.82 Å². The van der Waals surface area contributed by atoms with E-state index < -0.39 is 0 Å². The Labute approximate surface area is 141 Å². The van der Waals surface area contributed by atoms with Crippen LogP contribution in [0.5, 0.6) is 5.75 Å². The predicted octanol–water partition coefficient (Wildman–Crippen LogP) is 3.24. The van der Waals surface area contributed by atoms with E-state index in [1.807, 2.05) is 42.1 Å². The Morgan fingerprint density at radius 2 is 2.04 bits per heavy atom. The molecule has 3 rings (SSSR count). The first-order chi connectivity index (χ1) is 11.6. The van der Waals surface area contributed by atoms with Gasteiger partial charge in [0.15, 0.2) is 5.82 Å². The van der Waals surface area contributed by atoms with Gasteiger partial charge in [0.1, 0.15) is 11.6 Å². The van der Waals surface area contributed by atoms with E-state index >= 15 is 0 Å². The molecule has 2 heterocycles. The van der Waals surface area contributed by atoms with Crippen molar-refractivity contribution in [2.24, 2.45) is 0 Å². The molecular formula is C18H21N5O. The predicted molar refractivity (Wildman–Crippen MR) is 93.8 cm³/mol. The van der Waals surface area contributed by atoms with Crippen molar-refractivity contribution in [3.05, 3.63) is 54.5 Å². The van der Waals surface area contributed by atoms with E-state index in [0.717, 1.165) is 24.5 Å². The van der Waals surface area contributed by atoms with Crippen LogP contribution in [0.2, 0.25) is 0 Å². The number of aromatic hydroxyl groups is 1. The lowest BCUT2D eigenvalue weighted by molar-refractivity contribution is 0.477. The Morgan fingerprint density at radius 1 is 1.21 bits per heavy atom. The molecule has 3 aromatic rings. The molecule has 1 aromatic carbocycles. The van der Waals surface area contributed by atoms with E-state index in [0.29, 0.717) is 11.4 Å². The number of aryl methyl sites for hydroxylation is 2. The molecule has 6 nitrogen and oxygen atoms in total. The molecule has 0 spiro atoms. The molecule has 0 saturated carbocycles. The number of anilines is 1. The minimum absolute atomic E-state index is 0.181. The van der Waals surface area contributed by atoms with Crippen LogP contribution >= 0.6 is 0 Å². The zero-order valence-corrected chi connectivity index (χ0v) is 13.8. The summed E-state index contributed by atoms with van der Waals surface area (Å²) in [6.45, 7) is 4.88. The number of para-hydroxylation sites is 1. The van der Waals surface area contributed by atoms with Gasteiger partial charge in [-0.1, -0.05) is 12.1 Å². The molecule has 124 valence electrons. The number of nitrogens with one attached hydrogen (secondary N) is 1. The molecule has 0 fully saturated rings. The lowest BCUT2D eigenvalue weighted by Gasteiger charge is -2.15. The van der Waals surface area contributed by atoms with Crippen LogP contribution in [0, 0.1) is 6.92 Å². The van der Waals surface area contributed by atoms with Crippen molar-refractivity contribution < 1.29 is 5.11 Å². The summed E-state index contributed by atoms with van der Waals surface area (Å²) in [5.41, 5.74) is 1.48. The molecule has 2 aromatic heterocycles. The van der Waals surface area contributed by atoms with Crippen LogP contribution in [0.4, 0.5) is 5.82 Å². The monoisotopic (exact) mass is 323 g/mol. The average molecular weight is 323 g/mol. The number of benzene rings is 1. The fourth-order valence-electron chi connectivity index (χ4n) is 2.51. The van der Waals surface area contributed by atoms with Gasteiger partial charge >= 0.3 is 0 Å². The van der Waals surface area contributed by atoms with Gasteiger partial charge in [0, 0.05) is 36.7 Å². The molecule has 0 bridgehead atoms.